The Morgan fingerprint density at radius 3 is 2.87 bits per heavy atom. The standard InChI is InChI=1S/C10H13FN2O2/c1-10(2)14-5-9(15-10)8-3-7(12)6(11)4-13-8/h3-4,9H,5H2,1-2H3,(H2,12,13)/t9-/m1/s1. The second kappa shape index (κ2) is 3.43. The number of hydrogen-bond donors (Lipinski definition) is 1. The zero-order valence-electron chi connectivity index (χ0n) is 8.66. The third-order valence-corrected chi connectivity index (χ3v) is 2.24. The van der Waals surface area contributed by atoms with Crippen molar-refractivity contribution in [3.8, 4) is 0 Å². The molecule has 82 valence electrons. The Morgan fingerprint density at radius 1 is 1.60 bits per heavy atom. The van der Waals surface area contributed by atoms with Crippen LogP contribution in [0.3, 0.4) is 0 Å². The van der Waals surface area contributed by atoms with Crippen LogP contribution in [0.2, 0.25) is 0 Å². The summed E-state index contributed by atoms with van der Waals surface area (Å²) in [4.78, 5) is 3.93. The first-order valence-corrected chi connectivity index (χ1v) is 4.71. The quantitative estimate of drug-likeness (QED) is 0.768. The van der Waals surface area contributed by atoms with Crippen molar-refractivity contribution in [2.45, 2.75) is 25.7 Å². The lowest BCUT2D eigenvalue weighted by molar-refractivity contribution is -0.139. The third kappa shape index (κ3) is 2.08. The Morgan fingerprint density at radius 2 is 2.33 bits per heavy atom. The molecule has 5 heteroatoms. The molecule has 2 heterocycles. The summed E-state index contributed by atoms with van der Waals surface area (Å²) in [5, 5.41) is 0. The maximum Gasteiger partial charge on any atom is 0.164 e. The van der Waals surface area contributed by atoms with E-state index >= 15 is 0 Å². The summed E-state index contributed by atoms with van der Waals surface area (Å²) < 4.78 is 23.8. The molecule has 2 rings (SSSR count). The smallest absolute Gasteiger partial charge is 0.164 e. The maximum atomic E-state index is 12.9. The van der Waals surface area contributed by atoms with Crippen LogP contribution in [0.15, 0.2) is 12.3 Å². The summed E-state index contributed by atoms with van der Waals surface area (Å²) in [7, 11) is 0. The first-order chi connectivity index (χ1) is 6.98. The fourth-order valence-electron chi connectivity index (χ4n) is 1.48. The molecule has 1 aromatic rings. The van der Waals surface area contributed by atoms with Crippen LogP contribution in [-0.4, -0.2) is 17.4 Å². The third-order valence-electron chi connectivity index (χ3n) is 2.24. The van der Waals surface area contributed by atoms with E-state index < -0.39 is 11.6 Å². The van der Waals surface area contributed by atoms with Gasteiger partial charge >= 0.3 is 0 Å². The summed E-state index contributed by atoms with van der Waals surface area (Å²) in [5.41, 5.74) is 6.12. The van der Waals surface area contributed by atoms with Gasteiger partial charge in [0.1, 0.15) is 6.10 Å². The van der Waals surface area contributed by atoms with Gasteiger partial charge in [0.2, 0.25) is 0 Å². The fraction of sp³-hybridized carbons (Fsp3) is 0.500. The number of nitrogens with two attached hydrogens (primary N) is 1. The normalized spacial score (nSPS) is 24.3. The molecule has 0 unspecified atom stereocenters. The molecule has 2 N–H and O–H groups in total. The van der Waals surface area contributed by atoms with E-state index in [0.717, 1.165) is 6.20 Å². The zero-order valence-corrected chi connectivity index (χ0v) is 8.66. The molecule has 1 aliphatic heterocycles. The van der Waals surface area contributed by atoms with Crippen molar-refractivity contribution in [3.63, 3.8) is 0 Å². The van der Waals surface area contributed by atoms with E-state index in [1.54, 1.807) is 0 Å². The second-order valence-electron chi connectivity index (χ2n) is 3.95. The van der Waals surface area contributed by atoms with Crippen LogP contribution in [-0.2, 0) is 9.47 Å². The summed E-state index contributed by atoms with van der Waals surface area (Å²) in [5.74, 6) is -1.13. The Bertz CT molecular complexity index is 382. The molecule has 0 aliphatic carbocycles. The lowest BCUT2D eigenvalue weighted by atomic mass is 10.2. The molecule has 1 fully saturated rings. The minimum absolute atomic E-state index is 0.0771. The van der Waals surface area contributed by atoms with Gasteiger partial charge in [-0.05, 0) is 19.9 Å². The van der Waals surface area contributed by atoms with Gasteiger partial charge < -0.3 is 15.2 Å². The van der Waals surface area contributed by atoms with Gasteiger partial charge in [-0.15, -0.1) is 0 Å². The Hall–Kier alpha value is -1.20. The highest BCUT2D eigenvalue weighted by Crippen LogP contribution is 2.32. The van der Waals surface area contributed by atoms with E-state index in [-0.39, 0.29) is 11.8 Å². The van der Waals surface area contributed by atoms with Crippen LogP contribution < -0.4 is 5.73 Å². The number of rotatable bonds is 1. The minimum atomic E-state index is -0.616. The van der Waals surface area contributed by atoms with Crippen LogP contribution in [0.25, 0.3) is 0 Å². The molecular weight excluding hydrogens is 199 g/mol. The molecule has 0 saturated carbocycles. The van der Waals surface area contributed by atoms with Gasteiger partial charge in [0.05, 0.1) is 24.2 Å². The first-order valence-electron chi connectivity index (χ1n) is 4.71. The van der Waals surface area contributed by atoms with Gasteiger partial charge in [-0.25, -0.2) is 4.39 Å². The zero-order chi connectivity index (χ0) is 11.1. The lowest BCUT2D eigenvalue weighted by Crippen LogP contribution is -2.19. The maximum absolute atomic E-state index is 12.9. The molecule has 4 nitrogen and oxygen atoms in total. The lowest BCUT2D eigenvalue weighted by Gasteiger charge is -2.16. The summed E-state index contributed by atoms with van der Waals surface area (Å²) in [6.45, 7) is 4.05. The molecule has 1 aromatic heterocycles. The highest BCUT2D eigenvalue weighted by Gasteiger charge is 2.34. The van der Waals surface area contributed by atoms with Crippen LogP contribution in [0.5, 0.6) is 0 Å². The fourth-order valence-corrected chi connectivity index (χ4v) is 1.48. The van der Waals surface area contributed by atoms with Gasteiger partial charge in [0.25, 0.3) is 0 Å². The van der Waals surface area contributed by atoms with Crippen molar-refractivity contribution >= 4 is 5.69 Å². The molecule has 1 saturated heterocycles. The van der Waals surface area contributed by atoms with Gasteiger partial charge in [-0.3, -0.25) is 4.98 Å². The number of nitrogens with zero attached hydrogens (tertiary/aromatic N) is 1. The van der Waals surface area contributed by atoms with Crippen LogP contribution in [0.4, 0.5) is 10.1 Å². The molecule has 0 aromatic carbocycles. The van der Waals surface area contributed by atoms with Gasteiger partial charge in [-0.2, -0.15) is 0 Å². The minimum Gasteiger partial charge on any atom is -0.396 e. The Labute approximate surface area is 87.2 Å². The van der Waals surface area contributed by atoms with Crippen molar-refractivity contribution in [1.29, 1.82) is 0 Å². The topological polar surface area (TPSA) is 57.4 Å². The van der Waals surface area contributed by atoms with Crippen molar-refractivity contribution < 1.29 is 13.9 Å². The SMILES string of the molecule is CC1(C)OC[C@H](c2cc(N)c(F)cn2)O1. The van der Waals surface area contributed by atoms with Crippen LogP contribution >= 0.6 is 0 Å². The van der Waals surface area contributed by atoms with E-state index in [9.17, 15) is 4.39 Å². The van der Waals surface area contributed by atoms with E-state index in [1.165, 1.54) is 6.07 Å². The average Bonchev–Trinajstić information content (AvgIpc) is 2.51. The van der Waals surface area contributed by atoms with E-state index in [4.69, 9.17) is 15.2 Å². The summed E-state index contributed by atoms with van der Waals surface area (Å²) in [6, 6.07) is 1.48. The number of ether oxygens (including phenoxy) is 2. The van der Waals surface area contributed by atoms with Crippen molar-refractivity contribution in [3.05, 3.63) is 23.8 Å². The molecule has 1 aliphatic rings. The average molecular weight is 212 g/mol. The summed E-state index contributed by atoms with van der Waals surface area (Å²) in [6.07, 6.45) is 0.821. The Balaban J connectivity index is 2.21. The van der Waals surface area contributed by atoms with Gasteiger partial charge in [0.15, 0.2) is 11.6 Å². The van der Waals surface area contributed by atoms with E-state index in [2.05, 4.69) is 4.98 Å². The highest BCUT2D eigenvalue weighted by atomic mass is 19.1. The number of hydrogen-bond acceptors (Lipinski definition) is 4. The monoisotopic (exact) mass is 212 g/mol. The molecule has 15 heavy (non-hydrogen) atoms. The summed E-state index contributed by atoms with van der Waals surface area (Å²) >= 11 is 0. The molecule has 0 amide bonds. The van der Waals surface area contributed by atoms with Gasteiger partial charge in [-0.1, -0.05) is 0 Å². The molecular formula is C10H13FN2O2. The predicted octanol–water partition coefficient (Wildman–Crippen LogP) is 1.63. The van der Waals surface area contributed by atoms with Crippen molar-refractivity contribution in [2.24, 2.45) is 0 Å². The molecule has 0 spiro atoms. The molecule has 1 atom stereocenters. The van der Waals surface area contributed by atoms with Crippen molar-refractivity contribution in [2.75, 3.05) is 12.3 Å². The Kier molecular flexibility index (Phi) is 2.36. The van der Waals surface area contributed by atoms with Gasteiger partial charge in [0, 0.05) is 0 Å². The molecule has 0 bridgehead atoms. The van der Waals surface area contributed by atoms with E-state index in [1.807, 2.05) is 13.8 Å². The molecule has 0 radical (unpaired) electrons. The first kappa shape index (κ1) is 10.3. The van der Waals surface area contributed by atoms with Crippen LogP contribution in [0, 0.1) is 5.82 Å². The second-order valence-corrected chi connectivity index (χ2v) is 3.95. The number of anilines is 1. The highest BCUT2D eigenvalue weighted by molar-refractivity contribution is 5.39. The van der Waals surface area contributed by atoms with E-state index in [0.29, 0.717) is 12.3 Å². The largest absolute Gasteiger partial charge is 0.396 e. The predicted molar refractivity (Wildman–Crippen MR) is 52.5 cm³/mol. The number of aromatic nitrogens is 1. The number of halogens is 1. The van der Waals surface area contributed by atoms with Crippen molar-refractivity contribution in [1.82, 2.24) is 4.98 Å². The van der Waals surface area contributed by atoms with Crippen LogP contribution in [0.1, 0.15) is 25.6 Å². The number of nitrogen functional groups attached to an aromatic ring is 1. The number of pyridine rings is 1.